The topological polar surface area (TPSA) is 110 Å². The van der Waals surface area contributed by atoms with Gasteiger partial charge < -0.3 is 14.4 Å². The number of aromatic nitrogens is 3. The highest BCUT2D eigenvalue weighted by Gasteiger charge is 2.08. The molecule has 0 atom stereocenters. The van der Waals surface area contributed by atoms with Crippen LogP contribution in [0.4, 0.5) is 0 Å². The lowest BCUT2D eigenvalue weighted by molar-refractivity contribution is -0.121. The number of carbonyl (C=O) groups excluding carboxylic acids is 1. The van der Waals surface area contributed by atoms with Crippen LogP contribution in [0, 0.1) is 0 Å². The third-order valence-electron chi connectivity index (χ3n) is 3.56. The molecule has 3 rings (SSSR count). The number of aryl methyl sites for hydroxylation is 1. The monoisotopic (exact) mass is 340 g/mol. The summed E-state index contributed by atoms with van der Waals surface area (Å²) in [5.74, 6) is 0.395. The van der Waals surface area contributed by atoms with Crippen molar-refractivity contribution in [2.75, 3.05) is 0 Å². The van der Waals surface area contributed by atoms with E-state index in [9.17, 15) is 14.4 Å². The van der Waals surface area contributed by atoms with E-state index < -0.39 is 11.2 Å². The minimum Gasteiger partial charge on any atom is -0.356 e. The molecule has 8 nitrogen and oxygen atoms in total. The SMILES string of the molecule is O=C(CCn1ccc(=O)[nH]c1=O)NCc1cc(-c2ccccc2)on1. The van der Waals surface area contributed by atoms with E-state index in [0.29, 0.717) is 11.5 Å². The maximum Gasteiger partial charge on any atom is 0.328 e. The molecule has 0 radical (unpaired) electrons. The first-order valence-corrected chi connectivity index (χ1v) is 7.69. The summed E-state index contributed by atoms with van der Waals surface area (Å²) in [4.78, 5) is 36.5. The molecule has 2 N–H and O–H groups in total. The van der Waals surface area contributed by atoms with Gasteiger partial charge in [-0.05, 0) is 0 Å². The molecule has 0 aliphatic carbocycles. The van der Waals surface area contributed by atoms with Crippen molar-refractivity contribution in [1.29, 1.82) is 0 Å². The van der Waals surface area contributed by atoms with E-state index in [-0.39, 0.29) is 25.4 Å². The van der Waals surface area contributed by atoms with Crippen LogP contribution >= 0.6 is 0 Å². The third kappa shape index (κ3) is 4.31. The van der Waals surface area contributed by atoms with Gasteiger partial charge in [0.15, 0.2) is 5.76 Å². The normalized spacial score (nSPS) is 10.6. The van der Waals surface area contributed by atoms with Crippen molar-refractivity contribution in [2.24, 2.45) is 0 Å². The lowest BCUT2D eigenvalue weighted by atomic mass is 10.2. The van der Waals surface area contributed by atoms with Crippen LogP contribution in [-0.2, 0) is 17.9 Å². The summed E-state index contributed by atoms with van der Waals surface area (Å²) in [7, 11) is 0. The van der Waals surface area contributed by atoms with E-state index in [1.165, 1.54) is 16.8 Å². The van der Waals surface area contributed by atoms with Gasteiger partial charge in [-0.2, -0.15) is 0 Å². The van der Waals surface area contributed by atoms with Crippen molar-refractivity contribution in [3.8, 4) is 11.3 Å². The van der Waals surface area contributed by atoms with Gasteiger partial charge in [0, 0.05) is 36.9 Å². The Morgan fingerprint density at radius 3 is 2.76 bits per heavy atom. The van der Waals surface area contributed by atoms with Crippen LogP contribution < -0.4 is 16.6 Å². The van der Waals surface area contributed by atoms with Gasteiger partial charge in [-0.15, -0.1) is 0 Å². The average Bonchev–Trinajstić information content (AvgIpc) is 3.09. The summed E-state index contributed by atoms with van der Waals surface area (Å²) in [5, 5.41) is 6.64. The van der Waals surface area contributed by atoms with Gasteiger partial charge in [-0.1, -0.05) is 35.5 Å². The maximum absolute atomic E-state index is 11.9. The van der Waals surface area contributed by atoms with Crippen LogP contribution in [-0.4, -0.2) is 20.6 Å². The van der Waals surface area contributed by atoms with Gasteiger partial charge in [-0.25, -0.2) is 4.79 Å². The molecule has 0 spiro atoms. The van der Waals surface area contributed by atoms with Gasteiger partial charge >= 0.3 is 5.69 Å². The van der Waals surface area contributed by atoms with Crippen molar-refractivity contribution in [3.63, 3.8) is 0 Å². The van der Waals surface area contributed by atoms with Gasteiger partial charge in [0.25, 0.3) is 5.56 Å². The molecule has 0 bridgehead atoms. The summed E-state index contributed by atoms with van der Waals surface area (Å²) in [6, 6.07) is 12.5. The fourth-order valence-corrected chi connectivity index (χ4v) is 2.25. The van der Waals surface area contributed by atoms with E-state index in [1.54, 1.807) is 6.07 Å². The molecule has 2 heterocycles. The standard InChI is InChI=1S/C17H16N4O4/c22-15(6-8-21-9-7-16(23)19-17(21)24)18-11-13-10-14(25-20-13)12-4-2-1-3-5-12/h1-5,7,9-10H,6,8,11H2,(H,18,22)(H,19,23,24). The zero-order chi connectivity index (χ0) is 17.6. The van der Waals surface area contributed by atoms with Gasteiger partial charge in [0.05, 0.1) is 6.54 Å². The molecule has 0 aliphatic heterocycles. The number of carbonyl (C=O) groups is 1. The number of benzene rings is 1. The molecule has 0 saturated carbocycles. The van der Waals surface area contributed by atoms with Gasteiger partial charge in [0.1, 0.15) is 5.69 Å². The second-order valence-electron chi connectivity index (χ2n) is 5.38. The fourth-order valence-electron chi connectivity index (χ4n) is 2.25. The van der Waals surface area contributed by atoms with Gasteiger partial charge in [-0.3, -0.25) is 14.6 Å². The number of hydrogen-bond donors (Lipinski definition) is 2. The largest absolute Gasteiger partial charge is 0.356 e. The second-order valence-corrected chi connectivity index (χ2v) is 5.38. The fraction of sp³-hybridized carbons (Fsp3) is 0.176. The molecule has 3 aromatic rings. The lowest BCUT2D eigenvalue weighted by Gasteiger charge is -2.05. The Bertz CT molecular complexity index is 972. The minimum absolute atomic E-state index is 0.106. The molecule has 0 fully saturated rings. The van der Waals surface area contributed by atoms with Crippen LogP contribution in [0.25, 0.3) is 11.3 Å². The lowest BCUT2D eigenvalue weighted by Crippen LogP contribution is -2.31. The zero-order valence-electron chi connectivity index (χ0n) is 13.3. The Morgan fingerprint density at radius 2 is 2.00 bits per heavy atom. The average molecular weight is 340 g/mol. The molecule has 0 aliphatic rings. The van der Waals surface area contributed by atoms with E-state index in [0.717, 1.165) is 5.56 Å². The molecular weight excluding hydrogens is 324 g/mol. The van der Waals surface area contributed by atoms with Crippen LogP contribution in [0.2, 0.25) is 0 Å². The van der Waals surface area contributed by atoms with Crippen molar-refractivity contribution >= 4 is 5.91 Å². The second kappa shape index (κ2) is 7.43. The van der Waals surface area contributed by atoms with Crippen molar-refractivity contribution < 1.29 is 9.32 Å². The highest BCUT2D eigenvalue weighted by molar-refractivity contribution is 5.75. The van der Waals surface area contributed by atoms with Crippen molar-refractivity contribution in [2.45, 2.75) is 19.5 Å². The molecule has 0 saturated heterocycles. The van der Waals surface area contributed by atoms with E-state index in [2.05, 4.69) is 15.5 Å². The van der Waals surface area contributed by atoms with E-state index in [4.69, 9.17) is 4.52 Å². The Kier molecular flexibility index (Phi) is 4.89. The summed E-state index contributed by atoms with van der Waals surface area (Å²) in [5.41, 5.74) is 0.508. The zero-order valence-corrected chi connectivity index (χ0v) is 13.3. The Hall–Kier alpha value is -3.42. The van der Waals surface area contributed by atoms with Crippen molar-refractivity contribution in [3.05, 3.63) is 75.2 Å². The summed E-state index contributed by atoms with van der Waals surface area (Å²) >= 11 is 0. The first-order chi connectivity index (χ1) is 12.1. The first kappa shape index (κ1) is 16.4. The van der Waals surface area contributed by atoms with E-state index >= 15 is 0 Å². The summed E-state index contributed by atoms with van der Waals surface area (Å²) < 4.78 is 6.53. The molecular formula is C17H16N4O4. The number of aromatic amines is 1. The summed E-state index contributed by atoms with van der Waals surface area (Å²) in [6.07, 6.45) is 1.47. The number of rotatable bonds is 6. The Balaban J connectivity index is 1.52. The third-order valence-corrected chi connectivity index (χ3v) is 3.56. The van der Waals surface area contributed by atoms with Crippen LogP contribution in [0.3, 0.4) is 0 Å². The van der Waals surface area contributed by atoms with Crippen LogP contribution in [0.5, 0.6) is 0 Å². The predicted molar refractivity (Wildman–Crippen MR) is 89.7 cm³/mol. The quantitative estimate of drug-likeness (QED) is 0.693. The number of nitrogens with one attached hydrogen (secondary N) is 2. The Labute approximate surface area is 142 Å². The minimum atomic E-state index is -0.538. The van der Waals surface area contributed by atoms with Gasteiger partial charge in [0.2, 0.25) is 5.91 Å². The predicted octanol–water partition coefficient (Wildman–Crippen LogP) is 0.898. The van der Waals surface area contributed by atoms with Crippen LogP contribution in [0.1, 0.15) is 12.1 Å². The first-order valence-electron chi connectivity index (χ1n) is 7.69. The molecule has 128 valence electrons. The molecule has 1 aromatic carbocycles. The molecule has 1 amide bonds. The molecule has 2 aromatic heterocycles. The number of amides is 1. The molecule has 25 heavy (non-hydrogen) atoms. The smallest absolute Gasteiger partial charge is 0.328 e. The van der Waals surface area contributed by atoms with E-state index in [1.807, 2.05) is 30.3 Å². The van der Waals surface area contributed by atoms with Crippen LogP contribution in [0.15, 0.2) is 62.8 Å². The number of H-pyrrole nitrogens is 1. The number of nitrogens with zero attached hydrogens (tertiary/aromatic N) is 2. The van der Waals surface area contributed by atoms with Crippen molar-refractivity contribution in [1.82, 2.24) is 20.0 Å². The maximum atomic E-state index is 11.9. The Morgan fingerprint density at radius 1 is 1.20 bits per heavy atom. The molecule has 8 heteroatoms. The highest BCUT2D eigenvalue weighted by Crippen LogP contribution is 2.19. The molecule has 0 unspecified atom stereocenters. The number of hydrogen-bond acceptors (Lipinski definition) is 5. The summed E-state index contributed by atoms with van der Waals surface area (Å²) in [6.45, 7) is 0.408. The highest BCUT2D eigenvalue weighted by atomic mass is 16.5.